The fourth-order valence-corrected chi connectivity index (χ4v) is 4.54. The molecule has 0 radical (unpaired) electrons. The van der Waals surface area contributed by atoms with Crippen LogP contribution in [0.5, 0.6) is 0 Å². The molecule has 0 aliphatic carbocycles. The molecule has 6 nitrogen and oxygen atoms in total. The molecule has 0 saturated carbocycles. The molecule has 2 aromatic rings. The summed E-state index contributed by atoms with van der Waals surface area (Å²) in [4.78, 5) is 28.1. The molecule has 6 heteroatoms. The van der Waals surface area contributed by atoms with Crippen LogP contribution in [0.4, 0.5) is 0 Å². The van der Waals surface area contributed by atoms with Crippen molar-refractivity contribution in [1.29, 1.82) is 0 Å². The lowest BCUT2D eigenvalue weighted by molar-refractivity contribution is -0.168. The molecule has 0 unspecified atom stereocenters. The average Bonchev–Trinajstić information content (AvgIpc) is 2.77. The van der Waals surface area contributed by atoms with Gasteiger partial charge in [0.2, 0.25) is 11.8 Å². The minimum Gasteiger partial charge on any atom is -0.394 e. The topological polar surface area (TPSA) is 70.1 Å². The van der Waals surface area contributed by atoms with Crippen molar-refractivity contribution in [1.82, 2.24) is 9.80 Å². The van der Waals surface area contributed by atoms with Gasteiger partial charge in [0, 0.05) is 31.6 Å². The number of benzene rings is 2. The highest BCUT2D eigenvalue weighted by Crippen LogP contribution is 2.42. The number of hydrogen-bond acceptors (Lipinski definition) is 4. The fourth-order valence-electron chi connectivity index (χ4n) is 4.54. The predicted octanol–water partition coefficient (Wildman–Crippen LogP) is 1.42. The summed E-state index contributed by atoms with van der Waals surface area (Å²) in [7, 11) is 1.47. The fraction of sp³-hybridized carbons (Fsp3) is 0.360. The van der Waals surface area contributed by atoms with Crippen LogP contribution < -0.4 is 0 Å². The highest BCUT2D eigenvalue weighted by molar-refractivity contribution is 5.88. The normalized spacial score (nSPS) is 22.3. The van der Waals surface area contributed by atoms with E-state index in [-0.39, 0.29) is 49.6 Å². The number of carbonyl (C=O) groups excluding carboxylic acids is 2. The lowest BCUT2D eigenvalue weighted by Crippen LogP contribution is -2.73. The summed E-state index contributed by atoms with van der Waals surface area (Å²) < 4.78 is 4.93. The number of ether oxygens (including phenoxy) is 1. The van der Waals surface area contributed by atoms with Crippen LogP contribution in [0.1, 0.15) is 22.6 Å². The molecule has 2 heterocycles. The number of nitrogens with zero attached hydrogens (tertiary/aromatic N) is 2. The summed E-state index contributed by atoms with van der Waals surface area (Å²) in [5, 5.41) is 9.90. The second kappa shape index (κ2) is 9.34. The minimum absolute atomic E-state index is 0.0153. The molecule has 3 atom stereocenters. The number of aliphatic hydroxyl groups excluding tert-OH is 1. The van der Waals surface area contributed by atoms with Gasteiger partial charge in [0.1, 0.15) is 6.61 Å². The third kappa shape index (κ3) is 4.34. The van der Waals surface area contributed by atoms with Gasteiger partial charge in [0.25, 0.3) is 0 Å². The van der Waals surface area contributed by atoms with E-state index in [9.17, 15) is 14.7 Å². The van der Waals surface area contributed by atoms with Crippen LogP contribution in [0.25, 0.3) is 0 Å². The second-order valence-electron chi connectivity index (χ2n) is 7.94. The minimum atomic E-state index is -0.257. The maximum absolute atomic E-state index is 12.6. The zero-order chi connectivity index (χ0) is 21.8. The predicted molar refractivity (Wildman–Crippen MR) is 116 cm³/mol. The van der Waals surface area contributed by atoms with Crippen LogP contribution in [0.2, 0.25) is 0 Å². The molecule has 31 heavy (non-hydrogen) atoms. The van der Waals surface area contributed by atoms with Gasteiger partial charge in [0.15, 0.2) is 0 Å². The van der Waals surface area contributed by atoms with Crippen molar-refractivity contribution in [2.45, 2.75) is 24.4 Å². The van der Waals surface area contributed by atoms with E-state index in [1.807, 2.05) is 42.5 Å². The molecule has 1 N–H and O–H groups in total. The van der Waals surface area contributed by atoms with Gasteiger partial charge in [-0.05, 0) is 23.3 Å². The third-order valence-electron chi connectivity index (χ3n) is 6.04. The highest BCUT2D eigenvalue weighted by Gasteiger charge is 2.54. The smallest absolute Gasteiger partial charge is 0.249 e. The van der Waals surface area contributed by atoms with Gasteiger partial charge in [-0.15, -0.1) is 0 Å². The van der Waals surface area contributed by atoms with Crippen molar-refractivity contribution in [2.24, 2.45) is 0 Å². The van der Waals surface area contributed by atoms with Crippen molar-refractivity contribution in [3.63, 3.8) is 0 Å². The molecule has 4 rings (SSSR count). The van der Waals surface area contributed by atoms with Gasteiger partial charge in [-0.2, -0.15) is 0 Å². The number of rotatable bonds is 5. The zero-order valence-electron chi connectivity index (χ0n) is 17.5. The molecule has 0 bridgehead atoms. The van der Waals surface area contributed by atoms with Crippen LogP contribution in [-0.4, -0.2) is 72.2 Å². The number of piperazine rings is 1. The van der Waals surface area contributed by atoms with Gasteiger partial charge in [-0.25, -0.2) is 0 Å². The molecule has 0 aromatic heterocycles. The van der Waals surface area contributed by atoms with E-state index in [2.05, 4.69) is 24.0 Å². The first-order valence-electron chi connectivity index (χ1n) is 10.4. The molecule has 2 fully saturated rings. The van der Waals surface area contributed by atoms with Crippen molar-refractivity contribution < 1.29 is 19.4 Å². The highest BCUT2D eigenvalue weighted by atomic mass is 16.5. The van der Waals surface area contributed by atoms with Crippen molar-refractivity contribution in [3.8, 4) is 11.8 Å². The maximum Gasteiger partial charge on any atom is 0.249 e. The molecule has 0 spiro atoms. The van der Waals surface area contributed by atoms with Crippen molar-refractivity contribution in [2.75, 3.05) is 33.4 Å². The molecule has 2 aliphatic heterocycles. The van der Waals surface area contributed by atoms with E-state index in [0.29, 0.717) is 13.0 Å². The van der Waals surface area contributed by atoms with Gasteiger partial charge < -0.3 is 19.6 Å². The van der Waals surface area contributed by atoms with E-state index in [0.717, 1.165) is 11.1 Å². The molecular formula is C25H26N2O4. The number of methoxy groups -OCH3 is 1. The van der Waals surface area contributed by atoms with E-state index in [1.165, 1.54) is 12.7 Å². The molecule has 160 valence electrons. The summed E-state index contributed by atoms with van der Waals surface area (Å²) in [5.74, 6) is 6.06. The third-order valence-corrected chi connectivity index (χ3v) is 6.04. The largest absolute Gasteiger partial charge is 0.394 e. The van der Waals surface area contributed by atoms with Gasteiger partial charge in [-0.3, -0.25) is 9.59 Å². The zero-order valence-corrected chi connectivity index (χ0v) is 17.5. The summed E-state index contributed by atoms with van der Waals surface area (Å²) >= 11 is 0. The number of carbonyl (C=O) groups is 2. The Morgan fingerprint density at radius 1 is 1.16 bits per heavy atom. The van der Waals surface area contributed by atoms with Gasteiger partial charge in [-0.1, -0.05) is 54.3 Å². The molecule has 2 aliphatic rings. The summed E-state index contributed by atoms with van der Waals surface area (Å²) in [6, 6.07) is 17.7. The van der Waals surface area contributed by atoms with Crippen LogP contribution >= 0.6 is 0 Å². The summed E-state index contributed by atoms with van der Waals surface area (Å²) in [6.07, 6.45) is 0.697. The lowest BCUT2D eigenvalue weighted by atomic mass is 9.73. The Morgan fingerprint density at radius 2 is 1.90 bits per heavy atom. The summed E-state index contributed by atoms with van der Waals surface area (Å²) in [6.45, 7) is 0.355. The number of amides is 2. The second-order valence-corrected chi connectivity index (χ2v) is 7.94. The summed E-state index contributed by atoms with van der Waals surface area (Å²) in [5.41, 5.74) is 3.15. The molecule has 2 saturated heterocycles. The van der Waals surface area contributed by atoms with E-state index in [4.69, 9.17) is 4.74 Å². The first-order chi connectivity index (χ1) is 15.1. The van der Waals surface area contributed by atoms with E-state index < -0.39 is 0 Å². The van der Waals surface area contributed by atoms with Gasteiger partial charge >= 0.3 is 0 Å². The van der Waals surface area contributed by atoms with Crippen LogP contribution in [-0.2, 0) is 20.7 Å². The number of hydrogen-bond donors (Lipinski definition) is 1. The first-order valence-corrected chi connectivity index (χ1v) is 10.4. The lowest BCUT2D eigenvalue weighted by Gasteiger charge is -2.58. The quantitative estimate of drug-likeness (QED) is 0.746. The Morgan fingerprint density at radius 3 is 2.58 bits per heavy atom. The number of fused-ring (bicyclic) bond motifs is 1. The van der Waals surface area contributed by atoms with E-state index in [1.54, 1.807) is 9.80 Å². The maximum atomic E-state index is 12.6. The van der Waals surface area contributed by atoms with Gasteiger partial charge in [0.05, 0.1) is 25.2 Å². The standard InChI is InChI=1S/C25H26N2O4/c1-31-17-24(30)26-14-21-25(22(16-28)27(21)23(29)15-26)20-12-10-19(11-13-20)9-5-8-18-6-3-2-4-7-18/h2-4,6-7,10-13,21-22,25,28H,8,14-17H2,1H3/t21-,22+,25-/m0/s1. The van der Waals surface area contributed by atoms with Crippen LogP contribution in [0.3, 0.4) is 0 Å². The SMILES string of the molecule is COCC(=O)N1CC(=O)N2[C@H](CO)[C@@H](c3ccc(C#CCc4ccccc4)cc3)[C@@H]2C1. The monoisotopic (exact) mass is 418 g/mol. The molecule has 2 aromatic carbocycles. The Kier molecular flexibility index (Phi) is 6.36. The van der Waals surface area contributed by atoms with Crippen molar-refractivity contribution >= 4 is 11.8 Å². The Hall–Kier alpha value is -3.14. The van der Waals surface area contributed by atoms with Crippen LogP contribution in [0, 0.1) is 11.8 Å². The van der Waals surface area contributed by atoms with Crippen molar-refractivity contribution in [3.05, 3.63) is 71.3 Å². The first kappa shape index (κ1) is 21.1. The molecule has 2 amide bonds. The average molecular weight is 418 g/mol. The van der Waals surface area contributed by atoms with Crippen LogP contribution in [0.15, 0.2) is 54.6 Å². The van der Waals surface area contributed by atoms with E-state index >= 15 is 0 Å². The number of aliphatic hydroxyl groups is 1. The Labute approximate surface area is 182 Å². The Bertz CT molecular complexity index is 994. The Balaban J connectivity index is 1.46. The molecular weight excluding hydrogens is 392 g/mol.